The number of halogens is 11. The average molecular weight is 1420 g/mol. The van der Waals surface area contributed by atoms with Crippen LogP contribution >= 0.6 is 0 Å². The molecule has 1 aromatic heterocycles. The van der Waals surface area contributed by atoms with Crippen LogP contribution in [0.2, 0.25) is 0 Å². The maximum absolute atomic E-state index is 14.2. The summed E-state index contributed by atoms with van der Waals surface area (Å²) in [5.74, 6) is -25.0. The number of hydrogen-bond acceptors (Lipinski definition) is 21. The number of ether oxygens (including phenoxy) is 6. The Morgan fingerprint density at radius 2 is 0.758 bits per heavy atom. The minimum absolute atomic E-state index is 0.0496. The molecular weight excluding hydrogens is 1360 g/mol. The maximum atomic E-state index is 14.2. The van der Waals surface area contributed by atoms with Gasteiger partial charge in [0.05, 0.1) is 102 Å². The van der Waals surface area contributed by atoms with Crippen LogP contribution in [0.25, 0.3) is 10.9 Å². The van der Waals surface area contributed by atoms with Crippen molar-refractivity contribution in [3.05, 3.63) is 179 Å². The van der Waals surface area contributed by atoms with Crippen molar-refractivity contribution in [2.75, 3.05) is 51.1 Å². The molecule has 6 rings (SSSR count). The van der Waals surface area contributed by atoms with Gasteiger partial charge >= 0.3 is 47.8 Å². The number of nitro benzene ring substituents is 2. The van der Waals surface area contributed by atoms with Gasteiger partial charge in [-0.2, -0.15) is 0 Å². The Balaban J connectivity index is 0.000000604. The molecule has 0 aliphatic heterocycles. The fourth-order valence-corrected chi connectivity index (χ4v) is 8.00. The van der Waals surface area contributed by atoms with E-state index in [9.17, 15) is 107 Å². The van der Waals surface area contributed by atoms with Crippen LogP contribution in [-0.2, 0) is 77.6 Å². The molecule has 0 aliphatic carbocycles. The number of nitro groups is 2. The van der Waals surface area contributed by atoms with Gasteiger partial charge in [0.2, 0.25) is 0 Å². The number of carbonyl (C=O) groups is 8. The monoisotopic (exact) mass is 1420 g/mol. The van der Waals surface area contributed by atoms with Crippen molar-refractivity contribution < 1.29 is 135 Å². The number of carbonyl (C=O) groups excluding carboxylic acids is 6. The quantitative estimate of drug-likeness (QED) is 0.00806. The lowest BCUT2D eigenvalue weighted by atomic mass is 9.81. The summed E-state index contributed by atoms with van der Waals surface area (Å²) in [6.45, 7) is 15.4. The molecule has 0 saturated heterocycles. The van der Waals surface area contributed by atoms with E-state index in [-0.39, 0.29) is 61.9 Å². The molecule has 2 atom stereocenters. The zero-order valence-corrected chi connectivity index (χ0v) is 54.3. The molecule has 0 radical (unpaired) electrons. The van der Waals surface area contributed by atoms with Gasteiger partial charge in [0, 0.05) is 40.2 Å². The van der Waals surface area contributed by atoms with Gasteiger partial charge in [0.15, 0.2) is 34.2 Å². The first-order valence-corrected chi connectivity index (χ1v) is 28.7. The number of rotatable bonds is 20. The molecule has 2 unspecified atom stereocenters. The molecular formula is C63H66F11N5O20. The summed E-state index contributed by atoms with van der Waals surface area (Å²) in [5.41, 5.74) is 1.52. The fourth-order valence-electron chi connectivity index (χ4n) is 8.00. The number of anilines is 2. The number of carboxylic acid groups (broad SMARTS) is 2. The van der Waals surface area contributed by atoms with Crippen molar-refractivity contribution in [1.29, 1.82) is 0 Å². The molecule has 0 bridgehead atoms. The van der Waals surface area contributed by atoms with Crippen molar-refractivity contribution in [1.82, 2.24) is 4.98 Å². The Kier molecular flexibility index (Phi) is 34.0. The second kappa shape index (κ2) is 39.2. The van der Waals surface area contributed by atoms with Crippen LogP contribution in [0.15, 0.2) is 72.9 Å². The van der Waals surface area contributed by atoms with Crippen LogP contribution in [0.1, 0.15) is 110 Å². The van der Waals surface area contributed by atoms with Gasteiger partial charge in [0.25, 0.3) is 11.4 Å². The minimum Gasteiger partial charge on any atom is -0.481 e. The van der Waals surface area contributed by atoms with E-state index >= 15 is 0 Å². The normalized spacial score (nSPS) is 11.2. The number of aliphatic carboxylic acids is 2. The number of nitrogens with two attached hydrogens (primary N) is 2. The topological polar surface area (TPSA) is 384 Å². The molecule has 25 nitrogen and oxygen atoms in total. The van der Waals surface area contributed by atoms with E-state index < -0.39 is 184 Å². The first-order valence-electron chi connectivity index (χ1n) is 28.7. The number of esters is 6. The Morgan fingerprint density at radius 1 is 0.465 bits per heavy atom. The number of carboxylic acids is 2. The standard InChI is InChI=1S/C14H15F2NO6.C14H17F2NO4.C12H9F2NO2.C9H9F2NO2.C8H14O4.C6H2F3NO2/c1-4-22-12(18)14(3,13(19)23-5-2)11-9(15)6-8(17(20)21)7-10(11)16;1-4-20-12(18)14(3,13(19)21-5-2)11-9(15)6-8(17)7-10(11)16;1-6(12(16)17)10-8(13)5-9-7(11(10)14)3-2-4-15-9;1-4(9(13)14)8-6(10)2-5(12)3-7(8)11;1-4-11-7(9)6(3)8(10)12-5-2;7-4-1-3(10(11)12)2-5(8)6(4)9/h6-7H,4-5H2,1-3H3;6-7H,4-5,17H2,1-3H3;2-6H,1H3,(H,16,17);2-4H,12H2,1H3,(H,13,14);6H,4-5H2,1-3H3;1-2H. The molecule has 0 amide bonds. The van der Waals surface area contributed by atoms with Gasteiger partial charge in [-0.3, -0.25) is 63.6 Å². The van der Waals surface area contributed by atoms with E-state index in [0.717, 1.165) is 44.2 Å². The largest absolute Gasteiger partial charge is 0.481 e. The second-order valence-electron chi connectivity index (χ2n) is 19.9. The highest BCUT2D eigenvalue weighted by Crippen LogP contribution is 2.36. The van der Waals surface area contributed by atoms with Gasteiger partial charge in [-0.15, -0.1) is 0 Å². The van der Waals surface area contributed by atoms with Gasteiger partial charge in [-0.1, -0.05) is 0 Å². The van der Waals surface area contributed by atoms with Crippen molar-refractivity contribution in [2.24, 2.45) is 5.92 Å². The van der Waals surface area contributed by atoms with Crippen molar-refractivity contribution >= 4 is 81.4 Å². The molecule has 6 aromatic rings. The molecule has 0 aliphatic rings. The Bertz CT molecular complexity index is 3790. The number of nitrogen functional groups attached to an aromatic ring is 2. The number of hydrogen-bond donors (Lipinski definition) is 4. The summed E-state index contributed by atoms with van der Waals surface area (Å²) in [6, 6.07) is 8.95. The van der Waals surface area contributed by atoms with E-state index in [1.807, 2.05) is 0 Å². The van der Waals surface area contributed by atoms with E-state index in [1.165, 1.54) is 66.8 Å². The second-order valence-corrected chi connectivity index (χ2v) is 19.9. The third-order valence-corrected chi connectivity index (χ3v) is 13.0. The summed E-state index contributed by atoms with van der Waals surface area (Å²) in [6.07, 6.45) is 1.42. The molecule has 0 fully saturated rings. The molecule has 6 N–H and O–H groups in total. The summed E-state index contributed by atoms with van der Waals surface area (Å²) in [4.78, 5) is 114. The smallest absolute Gasteiger partial charge is 0.327 e. The number of fused-ring (bicyclic) bond motifs is 1. The first kappa shape index (κ1) is 85.9. The molecule has 1 heterocycles. The average Bonchev–Trinajstić information content (AvgIpc) is 0.772. The number of benzene rings is 5. The maximum Gasteiger partial charge on any atom is 0.327 e. The Labute approximate surface area is 555 Å². The van der Waals surface area contributed by atoms with E-state index in [0.29, 0.717) is 24.3 Å². The lowest BCUT2D eigenvalue weighted by Crippen LogP contribution is -2.45. The van der Waals surface area contributed by atoms with Crippen molar-refractivity contribution in [2.45, 2.75) is 98.8 Å². The molecule has 540 valence electrons. The Morgan fingerprint density at radius 3 is 1.07 bits per heavy atom. The van der Waals surface area contributed by atoms with Gasteiger partial charge < -0.3 is 50.1 Å². The van der Waals surface area contributed by atoms with E-state index in [1.54, 1.807) is 13.8 Å². The van der Waals surface area contributed by atoms with Gasteiger partial charge in [-0.25, -0.2) is 48.3 Å². The lowest BCUT2D eigenvalue weighted by Gasteiger charge is -2.26. The predicted molar refractivity (Wildman–Crippen MR) is 325 cm³/mol. The molecule has 0 spiro atoms. The number of nitrogens with zero attached hydrogens (tertiary/aromatic N) is 3. The number of aromatic nitrogens is 1. The molecule has 5 aromatic carbocycles. The van der Waals surface area contributed by atoms with Crippen LogP contribution in [0.3, 0.4) is 0 Å². The van der Waals surface area contributed by atoms with Crippen LogP contribution in [0.4, 0.5) is 71.0 Å². The van der Waals surface area contributed by atoms with Crippen molar-refractivity contribution in [3.63, 3.8) is 0 Å². The van der Waals surface area contributed by atoms with E-state index in [4.69, 9.17) is 40.6 Å². The number of pyridine rings is 1. The highest BCUT2D eigenvalue weighted by Gasteiger charge is 2.51. The van der Waals surface area contributed by atoms with Gasteiger partial charge in [-0.05, 0) is 113 Å². The fraction of sp³-hybridized carbons (Fsp3) is 0.349. The summed E-state index contributed by atoms with van der Waals surface area (Å²) in [7, 11) is 0. The van der Waals surface area contributed by atoms with E-state index in [2.05, 4.69) is 14.5 Å². The highest BCUT2D eigenvalue weighted by molar-refractivity contribution is 6.07. The Hall–Kier alpha value is -11.1. The minimum atomic E-state index is -2.42. The highest BCUT2D eigenvalue weighted by atomic mass is 19.2. The first-order chi connectivity index (χ1) is 46.1. The number of non-ortho nitro benzene ring substituents is 2. The van der Waals surface area contributed by atoms with Crippen LogP contribution in [0.5, 0.6) is 0 Å². The summed E-state index contributed by atoms with van der Waals surface area (Å²) in [5, 5.41) is 38.1. The zero-order valence-electron chi connectivity index (χ0n) is 54.3. The summed E-state index contributed by atoms with van der Waals surface area (Å²) >= 11 is 0. The third kappa shape index (κ3) is 22.8. The van der Waals surface area contributed by atoms with Crippen LogP contribution < -0.4 is 11.5 Å². The third-order valence-electron chi connectivity index (χ3n) is 13.0. The van der Waals surface area contributed by atoms with Crippen LogP contribution in [0, 0.1) is 90.1 Å². The predicted octanol–water partition coefficient (Wildman–Crippen LogP) is 11.4. The molecule has 99 heavy (non-hydrogen) atoms. The molecule has 36 heteroatoms. The zero-order chi connectivity index (χ0) is 76.3. The van der Waals surface area contributed by atoms with Crippen LogP contribution in [-0.4, -0.2) is 112 Å². The lowest BCUT2D eigenvalue weighted by molar-refractivity contribution is -0.385. The van der Waals surface area contributed by atoms with Gasteiger partial charge in [0.1, 0.15) is 46.5 Å². The summed E-state index contributed by atoms with van der Waals surface area (Å²) < 4.78 is 175. The van der Waals surface area contributed by atoms with Crippen molar-refractivity contribution in [3.8, 4) is 0 Å². The SMILES string of the molecule is CC(C(=O)O)c1c(F)cc(N)cc1F.CC(C(=O)O)c1c(F)cc2ncccc2c1F.CCOC(=O)C(C)(C(=O)OCC)c1c(F)cc(N)cc1F.CCOC(=O)C(C)(C(=O)OCC)c1c(F)cc([N+](=O)[O-])cc1F.CCOC(=O)C(C)C(=O)OCC.O=[N+]([O-])c1cc(F)c(F)c(F)c1. The molecule has 0 saturated carbocycles.